The lowest BCUT2D eigenvalue weighted by molar-refractivity contribution is -0.117. The van der Waals surface area contributed by atoms with Crippen LogP contribution in [0.2, 0.25) is 0 Å². The number of pyridine rings is 2. The Balaban J connectivity index is 1.30. The number of amides is 2. The summed E-state index contributed by atoms with van der Waals surface area (Å²) in [6.45, 7) is 2.79. The second-order valence-electron chi connectivity index (χ2n) is 8.97. The first-order valence-electron chi connectivity index (χ1n) is 11.7. The van der Waals surface area contributed by atoms with Crippen molar-refractivity contribution in [1.82, 2.24) is 24.5 Å². The van der Waals surface area contributed by atoms with Gasteiger partial charge >= 0.3 is 0 Å². The Hall–Kier alpha value is -3.67. The molecule has 1 saturated heterocycles. The van der Waals surface area contributed by atoms with E-state index in [0.717, 1.165) is 35.4 Å². The summed E-state index contributed by atoms with van der Waals surface area (Å²) < 4.78 is 1.62. The van der Waals surface area contributed by atoms with Gasteiger partial charge in [-0.15, -0.1) is 21.5 Å². The summed E-state index contributed by atoms with van der Waals surface area (Å²) in [6, 6.07) is 7.60. The molecule has 36 heavy (non-hydrogen) atoms. The van der Waals surface area contributed by atoms with Gasteiger partial charge in [0.2, 0.25) is 11.7 Å². The molecule has 10 nitrogen and oxygen atoms in total. The summed E-state index contributed by atoms with van der Waals surface area (Å²) >= 11 is 1.48. The normalized spacial score (nSPS) is 15.9. The first kappa shape index (κ1) is 24.0. The minimum Gasteiger partial charge on any atom is -0.391 e. The number of carbonyl (C=O) groups is 2. The number of aliphatic hydroxyl groups is 1. The maximum Gasteiger partial charge on any atom is 0.294 e. The molecular formula is C25H27N7O3S. The van der Waals surface area contributed by atoms with Crippen LogP contribution < -0.4 is 10.6 Å². The minimum absolute atomic E-state index is 0.000814. The van der Waals surface area contributed by atoms with E-state index in [9.17, 15) is 14.7 Å². The highest BCUT2D eigenvalue weighted by atomic mass is 32.1. The molecule has 1 aliphatic rings. The van der Waals surface area contributed by atoms with Crippen LogP contribution in [-0.2, 0) is 11.4 Å². The third-order valence-electron chi connectivity index (χ3n) is 6.47. The van der Waals surface area contributed by atoms with Crippen LogP contribution >= 0.6 is 11.3 Å². The molecule has 4 aromatic rings. The molecule has 0 unspecified atom stereocenters. The van der Waals surface area contributed by atoms with Gasteiger partial charge in [0.15, 0.2) is 5.65 Å². The van der Waals surface area contributed by atoms with E-state index in [1.807, 2.05) is 30.6 Å². The fourth-order valence-electron chi connectivity index (χ4n) is 4.41. The van der Waals surface area contributed by atoms with Gasteiger partial charge in [-0.05, 0) is 74.1 Å². The highest BCUT2D eigenvalue weighted by Crippen LogP contribution is 2.27. The summed E-state index contributed by atoms with van der Waals surface area (Å²) in [7, 11) is 2.04. The van der Waals surface area contributed by atoms with Gasteiger partial charge < -0.3 is 20.6 Å². The van der Waals surface area contributed by atoms with Crippen molar-refractivity contribution >= 4 is 40.2 Å². The zero-order valence-electron chi connectivity index (χ0n) is 20.1. The number of fused-ring (bicyclic) bond motifs is 1. The van der Waals surface area contributed by atoms with E-state index in [-0.39, 0.29) is 24.4 Å². The number of aryl methyl sites for hydroxylation is 1. The molecule has 1 fully saturated rings. The topological polar surface area (TPSA) is 125 Å². The summed E-state index contributed by atoms with van der Waals surface area (Å²) in [4.78, 5) is 33.0. The Labute approximate surface area is 212 Å². The van der Waals surface area contributed by atoms with Crippen molar-refractivity contribution in [2.45, 2.75) is 38.8 Å². The van der Waals surface area contributed by atoms with Crippen molar-refractivity contribution in [2.24, 2.45) is 0 Å². The molecule has 0 saturated carbocycles. The maximum atomic E-state index is 13.1. The lowest BCUT2D eigenvalue weighted by atomic mass is 10.1. The third-order valence-corrected chi connectivity index (χ3v) is 7.39. The van der Waals surface area contributed by atoms with Crippen LogP contribution in [0.3, 0.4) is 0 Å². The van der Waals surface area contributed by atoms with E-state index in [1.165, 1.54) is 11.3 Å². The quantitative estimate of drug-likeness (QED) is 0.352. The standard InChI is InChI=1S/C25H27N7O3S/c1-15-21(10-18(12-26-15)27-23(34)11-19-4-3-6-31(19)2)28-25(35)24-30-29-22-9-16(5-7-32(22)24)17-8-20(13-33)36-14-17/h5,7-10,12,14,19,33H,3-4,6,11,13H2,1-2H3,(H,27,34)(H,28,35)/t19-/m1/s1. The van der Waals surface area contributed by atoms with Crippen molar-refractivity contribution in [2.75, 3.05) is 24.2 Å². The first-order valence-corrected chi connectivity index (χ1v) is 12.6. The van der Waals surface area contributed by atoms with E-state index in [4.69, 9.17) is 0 Å². The molecule has 0 spiro atoms. The van der Waals surface area contributed by atoms with Crippen molar-refractivity contribution in [3.8, 4) is 11.1 Å². The van der Waals surface area contributed by atoms with Gasteiger partial charge in [0, 0.05) is 23.5 Å². The fourth-order valence-corrected chi connectivity index (χ4v) is 5.16. The molecule has 1 aliphatic heterocycles. The molecule has 5 rings (SSSR count). The number of nitrogens with zero attached hydrogens (tertiary/aromatic N) is 5. The highest BCUT2D eigenvalue weighted by Gasteiger charge is 2.23. The first-order chi connectivity index (χ1) is 17.4. The Kier molecular flexibility index (Phi) is 6.77. The molecule has 1 atom stereocenters. The van der Waals surface area contributed by atoms with Gasteiger partial charge in [-0.1, -0.05) is 0 Å². The molecule has 0 bridgehead atoms. The van der Waals surface area contributed by atoms with Crippen LogP contribution in [0.15, 0.2) is 42.0 Å². The maximum absolute atomic E-state index is 13.1. The summed E-state index contributed by atoms with van der Waals surface area (Å²) in [5.74, 6) is -0.377. The number of anilines is 2. The number of hydrogen-bond donors (Lipinski definition) is 3. The van der Waals surface area contributed by atoms with Crippen molar-refractivity contribution < 1.29 is 14.7 Å². The zero-order valence-corrected chi connectivity index (χ0v) is 20.9. The molecule has 3 N–H and O–H groups in total. The van der Waals surface area contributed by atoms with Gasteiger partial charge in [-0.2, -0.15) is 0 Å². The molecule has 0 aliphatic carbocycles. The van der Waals surface area contributed by atoms with Crippen LogP contribution in [-0.4, -0.2) is 61.0 Å². The number of likely N-dealkylation sites (tertiary alicyclic amines) is 1. The van der Waals surface area contributed by atoms with Crippen molar-refractivity contribution in [1.29, 1.82) is 0 Å². The van der Waals surface area contributed by atoms with Crippen molar-refractivity contribution in [3.63, 3.8) is 0 Å². The van der Waals surface area contributed by atoms with E-state index in [0.29, 0.717) is 29.1 Å². The average Bonchev–Trinajstić information content (AvgIpc) is 3.61. The predicted octanol–water partition coefficient (Wildman–Crippen LogP) is 3.33. The van der Waals surface area contributed by atoms with Gasteiger partial charge in [0.1, 0.15) is 0 Å². The van der Waals surface area contributed by atoms with Crippen molar-refractivity contribution in [3.05, 3.63) is 58.4 Å². The van der Waals surface area contributed by atoms with E-state index in [2.05, 4.69) is 30.7 Å². The van der Waals surface area contributed by atoms with E-state index in [1.54, 1.807) is 29.8 Å². The number of thiophene rings is 1. The summed E-state index contributed by atoms with van der Waals surface area (Å²) in [5, 5.41) is 25.3. The van der Waals surface area contributed by atoms with Crippen LogP contribution in [0, 0.1) is 6.92 Å². The van der Waals surface area contributed by atoms with E-state index >= 15 is 0 Å². The van der Waals surface area contributed by atoms with Gasteiger partial charge in [0.05, 0.1) is 29.9 Å². The lowest BCUT2D eigenvalue weighted by Gasteiger charge is -2.18. The van der Waals surface area contributed by atoms with Gasteiger partial charge in [-0.25, -0.2) is 0 Å². The Morgan fingerprint density at radius 3 is 2.81 bits per heavy atom. The minimum atomic E-state index is -0.436. The van der Waals surface area contributed by atoms with Crippen LogP contribution in [0.4, 0.5) is 11.4 Å². The molecule has 0 radical (unpaired) electrons. The lowest BCUT2D eigenvalue weighted by Crippen LogP contribution is -2.29. The molecule has 0 aromatic carbocycles. The number of aromatic nitrogens is 4. The SMILES string of the molecule is Cc1ncc(NC(=O)C[C@H]2CCCN2C)cc1NC(=O)c1nnc2cc(-c3csc(CO)c3)ccn12. The predicted molar refractivity (Wildman–Crippen MR) is 138 cm³/mol. The molecule has 5 heterocycles. The second kappa shape index (κ2) is 10.1. The number of carbonyl (C=O) groups excluding carboxylic acids is 2. The Morgan fingerprint density at radius 2 is 2.06 bits per heavy atom. The Bertz CT molecular complexity index is 1430. The Morgan fingerprint density at radius 1 is 1.19 bits per heavy atom. The zero-order chi connectivity index (χ0) is 25.2. The second-order valence-corrected chi connectivity index (χ2v) is 9.96. The van der Waals surface area contributed by atoms with E-state index < -0.39 is 5.91 Å². The van der Waals surface area contributed by atoms with Crippen LogP contribution in [0.5, 0.6) is 0 Å². The molecule has 11 heteroatoms. The van der Waals surface area contributed by atoms with Gasteiger partial charge in [0.25, 0.3) is 5.91 Å². The largest absolute Gasteiger partial charge is 0.391 e. The number of hydrogen-bond acceptors (Lipinski definition) is 8. The fraction of sp³-hybridized carbons (Fsp3) is 0.320. The third kappa shape index (κ3) is 4.99. The van der Waals surface area contributed by atoms with Crippen LogP contribution in [0.1, 0.15) is 40.5 Å². The smallest absolute Gasteiger partial charge is 0.294 e. The molecule has 186 valence electrons. The molecule has 2 amide bonds. The molecule has 4 aromatic heterocycles. The highest BCUT2D eigenvalue weighted by molar-refractivity contribution is 7.10. The average molecular weight is 506 g/mol. The monoisotopic (exact) mass is 505 g/mol. The number of aliphatic hydroxyl groups excluding tert-OH is 1. The van der Waals surface area contributed by atoms with Gasteiger partial charge in [-0.3, -0.25) is 19.0 Å². The van der Waals surface area contributed by atoms with Crippen LogP contribution in [0.25, 0.3) is 16.8 Å². The molecular weight excluding hydrogens is 478 g/mol. The summed E-state index contributed by atoms with van der Waals surface area (Å²) in [5.41, 5.74) is 4.05. The number of nitrogens with one attached hydrogen (secondary N) is 2. The summed E-state index contributed by atoms with van der Waals surface area (Å²) in [6.07, 6.45) is 5.88. The number of rotatable bonds is 7.